The van der Waals surface area contributed by atoms with Gasteiger partial charge in [-0.05, 0) is 11.6 Å². The summed E-state index contributed by atoms with van der Waals surface area (Å²) in [5.74, 6) is -2.41. The Kier molecular flexibility index (Phi) is 6.77. The Morgan fingerprint density at radius 1 is 1.33 bits per heavy atom. The minimum Gasteiger partial charge on any atom is -0.481 e. The van der Waals surface area contributed by atoms with Gasteiger partial charge in [-0.15, -0.1) is 11.3 Å². The van der Waals surface area contributed by atoms with Crippen LogP contribution >= 0.6 is 11.3 Å². The Morgan fingerprint density at radius 2 is 2.11 bits per heavy atom. The van der Waals surface area contributed by atoms with E-state index >= 15 is 0 Å². The number of nitrogens with two attached hydrogens (primary N) is 2. The molecule has 2 rings (SSSR count). The lowest BCUT2D eigenvalue weighted by molar-refractivity contribution is -0.137. The number of aliphatic imine (C=N–C) groups is 1. The van der Waals surface area contributed by atoms with Crippen LogP contribution in [0.25, 0.3) is 0 Å². The summed E-state index contributed by atoms with van der Waals surface area (Å²) in [7, 11) is 0. The summed E-state index contributed by atoms with van der Waals surface area (Å²) >= 11 is 1.06. The fourth-order valence-corrected chi connectivity index (χ4v) is 2.72. The minimum absolute atomic E-state index is 0.0575. The molecule has 142 valence electrons. The molecule has 0 aromatic carbocycles. The van der Waals surface area contributed by atoms with E-state index in [1.807, 2.05) is 0 Å². The smallest absolute Gasteiger partial charge is 0.305 e. The van der Waals surface area contributed by atoms with Crippen molar-refractivity contribution < 1.29 is 19.5 Å². The normalized spacial score (nSPS) is 11.3. The predicted molar refractivity (Wildman–Crippen MR) is 97.3 cm³/mol. The van der Waals surface area contributed by atoms with Gasteiger partial charge in [0.15, 0.2) is 5.96 Å². The van der Waals surface area contributed by atoms with E-state index in [0.717, 1.165) is 11.3 Å². The number of carbonyl (C=O) groups is 3. The fraction of sp³-hybridized carbons (Fsp3) is 0.200. The molecule has 0 aliphatic rings. The summed E-state index contributed by atoms with van der Waals surface area (Å²) in [5, 5.41) is 15.6. The highest BCUT2D eigenvalue weighted by molar-refractivity contribution is 7.13. The largest absolute Gasteiger partial charge is 0.481 e. The van der Waals surface area contributed by atoms with Gasteiger partial charge in [-0.3, -0.25) is 19.4 Å². The molecular weight excluding hydrogens is 374 g/mol. The highest BCUT2D eigenvalue weighted by Crippen LogP contribution is 2.18. The van der Waals surface area contributed by atoms with Crippen LogP contribution in [-0.4, -0.2) is 45.4 Å². The van der Waals surface area contributed by atoms with Gasteiger partial charge in [0.2, 0.25) is 11.0 Å². The van der Waals surface area contributed by atoms with Gasteiger partial charge in [-0.2, -0.15) is 4.99 Å². The van der Waals surface area contributed by atoms with Gasteiger partial charge in [0.05, 0.1) is 19.0 Å². The molecule has 2 amide bonds. The van der Waals surface area contributed by atoms with Crippen molar-refractivity contribution in [1.29, 1.82) is 0 Å². The number of rotatable bonds is 8. The van der Waals surface area contributed by atoms with Gasteiger partial charge >= 0.3 is 5.97 Å². The molecule has 2 aromatic heterocycles. The molecule has 11 nitrogen and oxygen atoms in total. The molecule has 1 atom stereocenters. The first-order valence-corrected chi connectivity index (χ1v) is 8.47. The van der Waals surface area contributed by atoms with Crippen LogP contribution in [0.4, 0.5) is 5.13 Å². The number of carboxylic acids is 1. The van der Waals surface area contributed by atoms with Crippen molar-refractivity contribution in [3.63, 3.8) is 0 Å². The van der Waals surface area contributed by atoms with Crippen molar-refractivity contribution in [3.8, 4) is 0 Å². The molecule has 0 saturated carbocycles. The van der Waals surface area contributed by atoms with E-state index in [4.69, 9.17) is 16.6 Å². The van der Waals surface area contributed by atoms with Crippen LogP contribution < -0.4 is 22.1 Å². The SMILES string of the molecule is NC(N)=Nc1nc(C(=O)NCC(=O)NC(CC(=O)O)c2cccnc2)cs1. The van der Waals surface area contributed by atoms with Crippen LogP contribution in [0.3, 0.4) is 0 Å². The average molecular weight is 391 g/mol. The highest BCUT2D eigenvalue weighted by Gasteiger charge is 2.19. The van der Waals surface area contributed by atoms with Crippen molar-refractivity contribution in [3.05, 3.63) is 41.2 Å². The Labute approximate surface area is 157 Å². The van der Waals surface area contributed by atoms with Crippen molar-refractivity contribution in [2.45, 2.75) is 12.5 Å². The number of nitrogens with zero attached hydrogens (tertiary/aromatic N) is 3. The Morgan fingerprint density at radius 3 is 2.74 bits per heavy atom. The third-order valence-corrected chi connectivity index (χ3v) is 3.89. The summed E-state index contributed by atoms with van der Waals surface area (Å²) < 4.78 is 0. The standard InChI is InChI=1S/C15H17N7O4S/c16-14(17)22-15-21-10(7-27-15)13(26)19-6-11(23)20-9(4-12(24)25)8-2-1-3-18-5-8/h1-3,5,7,9H,4,6H2,(H,19,26)(H,20,23)(H,24,25)(H4,16,17,21,22). The number of carboxylic acid groups (broad SMARTS) is 1. The number of hydrogen-bond acceptors (Lipinski definition) is 7. The molecule has 2 heterocycles. The number of nitrogens with one attached hydrogen (secondary N) is 2. The van der Waals surface area contributed by atoms with E-state index < -0.39 is 23.8 Å². The summed E-state index contributed by atoms with van der Waals surface area (Å²) in [4.78, 5) is 46.7. The maximum absolute atomic E-state index is 12.1. The van der Waals surface area contributed by atoms with Crippen molar-refractivity contribution in [2.24, 2.45) is 16.5 Å². The molecule has 1 unspecified atom stereocenters. The van der Waals surface area contributed by atoms with Gasteiger partial charge in [-0.1, -0.05) is 6.07 Å². The predicted octanol–water partition coefficient (Wildman–Crippen LogP) is -0.495. The van der Waals surface area contributed by atoms with Crippen LogP contribution in [0.2, 0.25) is 0 Å². The molecule has 0 bridgehead atoms. The van der Waals surface area contributed by atoms with Crippen LogP contribution in [0.15, 0.2) is 34.9 Å². The van der Waals surface area contributed by atoms with Gasteiger partial charge in [0.25, 0.3) is 5.91 Å². The van der Waals surface area contributed by atoms with Crippen LogP contribution in [0.5, 0.6) is 0 Å². The molecule has 27 heavy (non-hydrogen) atoms. The minimum atomic E-state index is -1.08. The number of amides is 2. The number of hydrogen-bond donors (Lipinski definition) is 5. The molecule has 0 aliphatic carbocycles. The molecule has 0 spiro atoms. The van der Waals surface area contributed by atoms with Gasteiger partial charge in [0.1, 0.15) is 5.69 Å². The summed E-state index contributed by atoms with van der Waals surface area (Å²) in [6.07, 6.45) is 2.68. The van der Waals surface area contributed by atoms with Crippen molar-refractivity contribution >= 4 is 40.2 Å². The third kappa shape index (κ3) is 6.36. The summed E-state index contributed by atoms with van der Waals surface area (Å²) in [5.41, 5.74) is 11.1. The maximum Gasteiger partial charge on any atom is 0.305 e. The number of pyridine rings is 1. The summed E-state index contributed by atoms with van der Waals surface area (Å²) in [6.45, 7) is -0.357. The Bertz CT molecular complexity index is 849. The molecular formula is C15H17N7O4S. The lowest BCUT2D eigenvalue weighted by Gasteiger charge is -2.17. The van der Waals surface area contributed by atoms with Gasteiger partial charge in [0, 0.05) is 17.8 Å². The zero-order valence-electron chi connectivity index (χ0n) is 14.0. The first-order chi connectivity index (χ1) is 12.8. The van der Waals surface area contributed by atoms with E-state index in [2.05, 4.69) is 25.6 Å². The van der Waals surface area contributed by atoms with E-state index in [9.17, 15) is 14.4 Å². The first-order valence-electron chi connectivity index (χ1n) is 7.59. The number of thiazole rings is 1. The maximum atomic E-state index is 12.1. The van der Waals surface area contributed by atoms with E-state index in [0.29, 0.717) is 5.56 Å². The van der Waals surface area contributed by atoms with Crippen LogP contribution in [0, 0.1) is 0 Å². The monoisotopic (exact) mass is 391 g/mol. The highest BCUT2D eigenvalue weighted by atomic mass is 32.1. The first kappa shape index (κ1) is 19.8. The second kappa shape index (κ2) is 9.24. The van der Waals surface area contributed by atoms with E-state index in [-0.39, 0.29) is 29.8 Å². The van der Waals surface area contributed by atoms with E-state index in [1.165, 1.54) is 17.8 Å². The molecule has 0 radical (unpaired) electrons. The lowest BCUT2D eigenvalue weighted by Crippen LogP contribution is -2.39. The van der Waals surface area contributed by atoms with Crippen LogP contribution in [-0.2, 0) is 9.59 Å². The number of aliphatic carboxylic acids is 1. The second-order valence-corrected chi connectivity index (χ2v) is 6.08. The van der Waals surface area contributed by atoms with Crippen molar-refractivity contribution in [2.75, 3.05) is 6.54 Å². The van der Waals surface area contributed by atoms with Gasteiger partial charge in [-0.25, -0.2) is 4.98 Å². The van der Waals surface area contributed by atoms with Crippen LogP contribution in [0.1, 0.15) is 28.5 Å². The molecule has 0 saturated heterocycles. The second-order valence-electron chi connectivity index (χ2n) is 5.24. The topological polar surface area (TPSA) is 186 Å². The van der Waals surface area contributed by atoms with Gasteiger partial charge < -0.3 is 27.2 Å². The number of guanidine groups is 1. The number of aromatic nitrogens is 2. The van der Waals surface area contributed by atoms with Crippen molar-refractivity contribution in [1.82, 2.24) is 20.6 Å². The molecule has 0 aliphatic heterocycles. The Balaban J connectivity index is 1.93. The zero-order valence-corrected chi connectivity index (χ0v) is 14.8. The fourth-order valence-electron chi connectivity index (χ4n) is 2.04. The zero-order chi connectivity index (χ0) is 19.8. The third-order valence-electron chi connectivity index (χ3n) is 3.16. The number of carbonyl (C=O) groups excluding carboxylic acids is 2. The molecule has 2 aromatic rings. The molecule has 0 fully saturated rings. The van der Waals surface area contributed by atoms with E-state index in [1.54, 1.807) is 12.1 Å². The quantitative estimate of drug-likeness (QED) is 0.294. The summed E-state index contributed by atoms with van der Waals surface area (Å²) in [6, 6.07) is 2.52. The average Bonchev–Trinajstić information content (AvgIpc) is 3.07. The lowest BCUT2D eigenvalue weighted by atomic mass is 10.1. The Hall–Kier alpha value is -3.54. The molecule has 7 N–H and O–H groups in total. The molecule has 12 heteroatoms.